The maximum absolute atomic E-state index is 5.90. The lowest BCUT2D eigenvalue weighted by atomic mass is 10.2. The van der Waals surface area contributed by atoms with Crippen molar-refractivity contribution in [1.82, 2.24) is 0 Å². The Morgan fingerprint density at radius 1 is 0.444 bits per heavy atom. The van der Waals surface area contributed by atoms with Crippen LogP contribution in [0.1, 0.15) is 65.2 Å². The maximum Gasteiger partial charge on any atom is 0.119 e. The average molecular weight is 519 g/mol. The molecule has 4 aromatic rings. The second-order valence-corrected chi connectivity index (χ2v) is 11.4. The summed E-state index contributed by atoms with van der Waals surface area (Å²) < 4.78 is 11.8. The first-order valence-electron chi connectivity index (χ1n) is 13.4. The first-order valence-corrected chi connectivity index (χ1v) is 15.1. The topological polar surface area (TPSA) is 18.5 Å². The molecule has 0 spiro atoms. The van der Waals surface area contributed by atoms with Crippen LogP contribution in [0.2, 0.25) is 0 Å². The van der Waals surface area contributed by atoms with Crippen molar-refractivity contribution in [3.8, 4) is 42.1 Å². The quantitative estimate of drug-likeness (QED) is 0.146. The largest absolute Gasteiger partial charge is 0.494 e. The third-order valence-corrected chi connectivity index (χ3v) is 8.73. The molecule has 0 saturated carbocycles. The van der Waals surface area contributed by atoms with Crippen LogP contribution in [0.5, 0.6) is 11.5 Å². The molecule has 0 fully saturated rings. The zero-order chi connectivity index (χ0) is 25.0. The van der Waals surface area contributed by atoms with Crippen LogP contribution in [0.15, 0.2) is 72.8 Å². The summed E-state index contributed by atoms with van der Waals surface area (Å²) in [6.45, 7) is 6.08. The fourth-order valence-electron chi connectivity index (χ4n) is 4.12. The Kier molecular flexibility index (Phi) is 10.5. The van der Waals surface area contributed by atoms with Gasteiger partial charge in [-0.3, -0.25) is 0 Å². The minimum Gasteiger partial charge on any atom is -0.494 e. The molecule has 2 aromatic carbocycles. The molecule has 0 unspecified atom stereocenters. The maximum atomic E-state index is 5.90. The van der Waals surface area contributed by atoms with Crippen molar-refractivity contribution in [3.05, 3.63) is 72.8 Å². The normalized spacial score (nSPS) is 11.1. The summed E-state index contributed by atoms with van der Waals surface area (Å²) in [5.74, 6) is 1.92. The van der Waals surface area contributed by atoms with Gasteiger partial charge in [-0.1, -0.05) is 52.4 Å². The Labute approximate surface area is 224 Å². The zero-order valence-corrected chi connectivity index (χ0v) is 23.3. The third kappa shape index (κ3) is 7.72. The van der Waals surface area contributed by atoms with E-state index in [2.05, 4.69) is 86.6 Å². The number of thiophene rings is 2. The zero-order valence-electron chi connectivity index (χ0n) is 21.6. The van der Waals surface area contributed by atoms with Gasteiger partial charge in [0, 0.05) is 19.5 Å². The Hall–Kier alpha value is -2.56. The highest BCUT2D eigenvalue weighted by atomic mass is 32.1. The predicted octanol–water partition coefficient (Wildman–Crippen LogP) is 10.7. The van der Waals surface area contributed by atoms with Crippen LogP contribution in [-0.2, 0) is 0 Å². The van der Waals surface area contributed by atoms with E-state index in [0.717, 1.165) is 37.6 Å². The molecule has 36 heavy (non-hydrogen) atoms. The molecule has 0 aliphatic rings. The van der Waals surface area contributed by atoms with E-state index in [1.807, 2.05) is 22.7 Å². The van der Waals surface area contributed by atoms with Gasteiger partial charge in [-0.15, -0.1) is 22.7 Å². The van der Waals surface area contributed by atoms with Gasteiger partial charge in [0.25, 0.3) is 0 Å². The second kappa shape index (κ2) is 14.2. The molecule has 4 heteroatoms. The van der Waals surface area contributed by atoms with E-state index in [9.17, 15) is 0 Å². The van der Waals surface area contributed by atoms with Gasteiger partial charge in [0.15, 0.2) is 0 Å². The van der Waals surface area contributed by atoms with E-state index in [-0.39, 0.29) is 0 Å². The molecule has 0 amide bonds. The van der Waals surface area contributed by atoms with E-state index >= 15 is 0 Å². The highest BCUT2D eigenvalue weighted by Crippen LogP contribution is 2.40. The summed E-state index contributed by atoms with van der Waals surface area (Å²) >= 11 is 3.69. The van der Waals surface area contributed by atoms with Crippen LogP contribution in [-0.4, -0.2) is 13.2 Å². The van der Waals surface area contributed by atoms with Crippen LogP contribution >= 0.6 is 22.7 Å². The highest BCUT2D eigenvalue weighted by molar-refractivity contribution is 7.25. The number of hydrogen-bond donors (Lipinski definition) is 0. The summed E-state index contributed by atoms with van der Waals surface area (Å²) in [5, 5.41) is 0. The van der Waals surface area contributed by atoms with Gasteiger partial charge < -0.3 is 9.47 Å². The molecule has 0 aliphatic carbocycles. The van der Waals surface area contributed by atoms with E-state index in [1.165, 1.54) is 69.2 Å². The molecule has 0 radical (unpaired) electrons. The lowest BCUT2D eigenvalue weighted by molar-refractivity contribution is 0.305. The van der Waals surface area contributed by atoms with Gasteiger partial charge in [0.1, 0.15) is 11.5 Å². The number of unbranched alkanes of at least 4 members (excludes halogenated alkanes) is 6. The fourth-order valence-corrected chi connectivity index (χ4v) is 6.23. The third-order valence-electron chi connectivity index (χ3n) is 6.27. The van der Waals surface area contributed by atoms with Crippen LogP contribution in [0.25, 0.3) is 30.6 Å². The summed E-state index contributed by atoms with van der Waals surface area (Å²) in [7, 11) is 0. The van der Waals surface area contributed by atoms with E-state index < -0.39 is 0 Å². The number of ether oxygens (including phenoxy) is 2. The molecule has 0 aliphatic heterocycles. The Morgan fingerprint density at radius 2 is 0.833 bits per heavy atom. The number of hydrogen-bond acceptors (Lipinski definition) is 4. The van der Waals surface area contributed by atoms with Crippen LogP contribution in [0.4, 0.5) is 0 Å². The molecule has 0 saturated heterocycles. The van der Waals surface area contributed by atoms with Crippen LogP contribution < -0.4 is 9.47 Å². The van der Waals surface area contributed by atoms with E-state index in [4.69, 9.17) is 9.47 Å². The van der Waals surface area contributed by atoms with Crippen LogP contribution in [0.3, 0.4) is 0 Å². The monoisotopic (exact) mass is 518 g/mol. The van der Waals surface area contributed by atoms with Crippen molar-refractivity contribution in [2.45, 2.75) is 65.2 Å². The Morgan fingerprint density at radius 3 is 1.22 bits per heavy atom. The summed E-state index contributed by atoms with van der Waals surface area (Å²) in [5.41, 5.74) is 2.48. The number of rotatable bonds is 15. The standard InChI is InChI=1S/C32H38O2S2/c1-3-5-7-9-23-33-27-15-11-25(12-16-27)29-19-21-31(35-29)32-22-20-30(36-32)26-13-17-28(18-14-26)34-24-10-8-6-4-2/h11-22H,3-10,23-24H2,1-2H3. The molecule has 0 bridgehead atoms. The highest BCUT2D eigenvalue weighted by Gasteiger charge is 2.10. The van der Waals surface area contributed by atoms with Gasteiger partial charge >= 0.3 is 0 Å². The smallest absolute Gasteiger partial charge is 0.119 e. The first-order chi connectivity index (χ1) is 17.8. The van der Waals surface area contributed by atoms with Gasteiger partial charge in [-0.2, -0.15) is 0 Å². The SMILES string of the molecule is CCCCCCOc1ccc(-c2ccc(-c3ccc(-c4ccc(OCCCCCC)cc4)s3)s2)cc1. The van der Waals surface area contributed by atoms with Gasteiger partial charge in [-0.25, -0.2) is 0 Å². The predicted molar refractivity (Wildman–Crippen MR) is 158 cm³/mol. The minimum absolute atomic E-state index is 0.804. The summed E-state index contributed by atoms with van der Waals surface area (Å²) in [6.07, 6.45) is 9.84. The lowest BCUT2D eigenvalue weighted by Crippen LogP contribution is -1.96. The number of benzene rings is 2. The molecule has 2 heterocycles. The van der Waals surface area contributed by atoms with Crippen molar-refractivity contribution < 1.29 is 9.47 Å². The van der Waals surface area contributed by atoms with Crippen molar-refractivity contribution in [2.75, 3.05) is 13.2 Å². The first kappa shape index (κ1) is 26.5. The van der Waals surface area contributed by atoms with Crippen molar-refractivity contribution in [3.63, 3.8) is 0 Å². The second-order valence-electron chi connectivity index (χ2n) is 9.19. The minimum atomic E-state index is 0.804. The molecular formula is C32H38O2S2. The molecule has 4 rings (SSSR count). The molecule has 2 aromatic heterocycles. The molecule has 2 nitrogen and oxygen atoms in total. The van der Waals surface area contributed by atoms with E-state index in [1.54, 1.807) is 0 Å². The van der Waals surface area contributed by atoms with Gasteiger partial charge in [0.2, 0.25) is 0 Å². The van der Waals surface area contributed by atoms with Crippen molar-refractivity contribution in [2.24, 2.45) is 0 Å². The van der Waals surface area contributed by atoms with Gasteiger partial charge in [-0.05, 0) is 96.8 Å². The molecule has 190 valence electrons. The average Bonchev–Trinajstić information content (AvgIpc) is 3.60. The molecular weight excluding hydrogens is 480 g/mol. The van der Waals surface area contributed by atoms with Crippen LogP contribution in [0, 0.1) is 0 Å². The van der Waals surface area contributed by atoms with E-state index in [0.29, 0.717) is 0 Å². The molecule has 0 N–H and O–H groups in total. The fraction of sp³-hybridized carbons (Fsp3) is 0.375. The van der Waals surface area contributed by atoms with Gasteiger partial charge in [0.05, 0.1) is 13.2 Å². The summed E-state index contributed by atoms with van der Waals surface area (Å²) in [4.78, 5) is 5.19. The lowest BCUT2D eigenvalue weighted by Gasteiger charge is -2.06. The summed E-state index contributed by atoms with van der Waals surface area (Å²) in [6, 6.07) is 26.0. The molecule has 0 atom stereocenters. The van der Waals surface area contributed by atoms with Crippen molar-refractivity contribution >= 4 is 22.7 Å². The van der Waals surface area contributed by atoms with Crippen molar-refractivity contribution in [1.29, 1.82) is 0 Å². The Bertz CT molecular complexity index is 1060. The Balaban J connectivity index is 1.32.